The molecule has 0 radical (unpaired) electrons. The van der Waals surface area contributed by atoms with Gasteiger partial charge in [-0.05, 0) is 25.7 Å². The van der Waals surface area contributed by atoms with E-state index in [1.165, 1.54) is 0 Å². The van der Waals surface area contributed by atoms with E-state index in [-0.39, 0.29) is 18.8 Å². The Bertz CT molecular complexity index is 259. The van der Waals surface area contributed by atoms with Crippen LogP contribution in [0, 0.1) is 0 Å². The molecule has 0 aromatic carbocycles. The van der Waals surface area contributed by atoms with Gasteiger partial charge in [-0.15, -0.1) is 0 Å². The third-order valence-corrected chi connectivity index (χ3v) is 3.79. The van der Waals surface area contributed by atoms with Crippen molar-refractivity contribution in [2.45, 2.75) is 50.5 Å². The Hall–Kier alpha value is -0.330. The van der Waals surface area contributed by atoms with Crippen LogP contribution in [0.1, 0.15) is 32.1 Å². The van der Waals surface area contributed by atoms with Gasteiger partial charge in [0, 0.05) is 26.2 Å². The lowest BCUT2D eigenvalue weighted by atomic mass is 10.1. The first kappa shape index (κ1) is 15.1. The van der Waals surface area contributed by atoms with Gasteiger partial charge in [0.1, 0.15) is 0 Å². The Morgan fingerprint density at radius 3 is 2.47 bits per heavy atom. The second kappa shape index (κ2) is 6.90. The van der Waals surface area contributed by atoms with Crippen LogP contribution in [0.5, 0.6) is 0 Å². The first-order chi connectivity index (χ1) is 9.03. The SMILES string of the molecule is FC(F)(F)CCN1CCC(OCC2CCCO2)CC1. The summed E-state index contributed by atoms with van der Waals surface area (Å²) in [6.45, 7) is 2.97. The first-order valence-corrected chi connectivity index (χ1v) is 7.05. The largest absolute Gasteiger partial charge is 0.390 e. The van der Waals surface area contributed by atoms with Gasteiger partial charge in [0.05, 0.1) is 25.2 Å². The molecular formula is C13H22F3NO2. The predicted octanol–water partition coefficient (Wildman–Crippen LogP) is 2.60. The highest BCUT2D eigenvalue weighted by molar-refractivity contribution is 4.74. The number of likely N-dealkylation sites (tertiary alicyclic amines) is 1. The maximum Gasteiger partial charge on any atom is 0.390 e. The van der Waals surface area contributed by atoms with Crippen molar-refractivity contribution in [3.63, 3.8) is 0 Å². The molecule has 0 saturated carbocycles. The van der Waals surface area contributed by atoms with Crippen LogP contribution >= 0.6 is 0 Å². The van der Waals surface area contributed by atoms with E-state index < -0.39 is 12.6 Å². The number of ether oxygens (including phenoxy) is 2. The molecule has 0 N–H and O–H groups in total. The Morgan fingerprint density at radius 2 is 1.89 bits per heavy atom. The van der Waals surface area contributed by atoms with Crippen LogP contribution in [-0.4, -0.2) is 56.1 Å². The lowest BCUT2D eigenvalue weighted by molar-refractivity contribution is -0.139. The van der Waals surface area contributed by atoms with Crippen molar-refractivity contribution in [3.05, 3.63) is 0 Å². The van der Waals surface area contributed by atoms with Crippen LogP contribution in [0.25, 0.3) is 0 Å². The summed E-state index contributed by atoms with van der Waals surface area (Å²) in [6.07, 6.45) is -0.542. The van der Waals surface area contributed by atoms with E-state index in [1.54, 1.807) is 0 Å². The zero-order chi connectivity index (χ0) is 13.7. The molecule has 6 heteroatoms. The number of piperidine rings is 1. The van der Waals surface area contributed by atoms with Crippen molar-refractivity contribution < 1.29 is 22.6 Å². The monoisotopic (exact) mass is 281 g/mol. The zero-order valence-electron chi connectivity index (χ0n) is 11.1. The van der Waals surface area contributed by atoms with E-state index >= 15 is 0 Å². The minimum Gasteiger partial charge on any atom is -0.376 e. The third kappa shape index (κ3) is 5.67. The van der Waals surface area contributed by atoms with Crippen molar-refractivity contribution in [3.8, 4) is 0 Å². The molecule has 0 amide bonds. The first-order valence-electron chi connectivity index (χ1n) is 7.05. The minimum atomic E-state index is -4.05. The number of hydrogen-bond acceptors (Lipinski definition) is 3. The normalized spacial score (nSPS) is 27.0. The van der Waals surface area contributed by atoms with Crippen LogP contribution < -0.4 is 0 Å². The van der Waals surface area contributed by atoms with E-state index in [9.17, 15) is 13.2 Å². The molecule has 0 aromatic rings. The van der Waals surface area contributed by atoms with Gasteiger partial charge in [0.15, 0.2) is 0 Å². The van der Waals surface area contributed by atoms with Gasteiger partial charge in [-0.2, -0.15) is 13.2 Å². The Labute approximate surface area is 112 Å². The van der Waals surface area contributed by atoms with Crippen molar-refractivity contribution in [2.24, 2.45) is 0 Å². The average molecular weight is 281 g/mol. The second-order valence-corrected chi connectivity index (χ2v) is 5.37. The second-order valence-electron chi connectivity index (χ2n) is 5.37. The smallest absolute Gasteiger partial charge is 0.376 e. The van der Waals surface area contributed by atoms with Crippen LogP contribution in [0.3, 0.4) is 0 Å². The molecule has 1 unspecified atom stereocenters. The molecule has 0 bridgehead atoms. The number of rotatable bonds is 5. The maximum absolute atomic E-state index is 12.1. The highest BCUT2D eigenvalue weighted by Crippen LogP contribution is 2.22. The maximum atomic E-state index is 12.1. The number of hydrogen-bond donors (Lipinski definition) is 0. The van der Waals surface area contributed by atoms with Crippen LogP contribution in [0.4, 0.5) is 13.2 Å². The molecular weight excluding hydrogens is 259 g/mol. The van der Waals surface area contributed by atoms with Gasteiger partial charge < -0.3 is 14.4 Å². The summed E-state index contributed by atoms with van der Waals surface area (Å²) < 4.78 is 47.6. The van der Waals surface area contributed by atoms with E-state index in [4.69, 9.17) is 9.47 Å². The number of alkyl halides is 3. The molecule has 0 aromatic heterocycles. The van der Waals surface area contributed by atoms with Crippen molar-refractivity contribution in [2.75, 3.05) is 32.8 Å². The summed E-state index contributed by atoms with van der Waals surface area (Å²) in [5.41, 5.74) is 0. The fraction of sp³-hybridized carbons (Fsp3) is 1.00. The molecule has 3 nitrogen and oxygen atoms in total. The summed E-state index contributed by atoms with van der Waals surface area (Å²) in [6, 6.07) is 0. The predicted molar refractivity (Wildman–Crippen MR) is 65.1 cm³/mol. The van der Waals surface area contributed by atoms with Gasteiger partial charge in [0.25, 0.3) is 0 Å². The molecule has 2 aliphatic heterocycles. The molecule has 0 aliphatic carbocycles. The van der Waals surface area contributed by atoms with Gasteiger partial charge >= 0.3 is 6.18 Å². The molecule has 112 valence electrons. The van der Waals surface area contributed by atoms with E-state index in [1.807, 2.05) is 4.90 Å². The fourth-order valence-electron chi connectivity index (χ4n) is 2.60. The van der Waals surface area contributed by atoms with Gasteiger partial charge in [0.2, 0.25) is 0 Å². The Morgan fingerprint density at radius 1 is 1.16 bits per heavy atom. The van der Waals surface area contributed by atoms with Crippen LogP contribution in [0.2, 0.25) is 0 Å². The molecule has 19 heavy (non-hydrogen) atoms. The van der Waals surface area contributed by atoms with Gasteiger partial charge in [-0.3, -0.25) is 0 Å². The molecule has 2 saturated heterocycles. The molecule has 2 heterocycles. The summed E-state index contributed by atoms with van der Waals surface area (Å²) in [4.78, 5) is 1.87. The van der Waals surface area contributed by atoms with Crippen LogP contribution in [0.15, 0.2) is 0 Å². The lowest BCUT2D eigenvalue weighted by Crippen LogP contribution is -2.39. The molecule has 2 aliphatic rings. The highest BCUT2D eigenvalue weighted by Gasteiger charge is 2.29. The van der Waals surface area contributed by atoms with Crippen molar-refractivity contribution >= 4 is 0 Å². The summed E-state index contributed by atoms with van der Waals surface area (Å²) in [5, 5.41) is 0. The van der Waals surface area contributed by atoms with Crippen LogP contribution in [-0.2, 0) is 9.47 Å². The zero-order valence-corrected chi connectivity index (χ0v) is 11.1. The molecule has 1 atom stereocenters. The van der Waals surface area contributed by atoms with Crippen molar-refractivity contribution in [1.82, 2.24) is 4.90 Å². The molecule has 0 spiro atoms. The Balaban J connectivity index is 1.57. The van der Waals surface area contributed by atoms with Crippen molar-refractivity contribution in [1.29, 1.82) is 0 Å². The summed E-state index contributed by atoms with van der Waals surface area (Å²) in [7, 11) is 0. The Kier molecular flexibility index (Phi) is 5.47. The van der Waals surface area contributed by atoms with E-state index in [2.05, 4.69) is 0 Å². The number of halogens is 3. The molecule has 2 rings (SSSR count). The highest BCUT2D eigenvalue weighted by atomic mass is 19.4. The quantitative estimate of drug-likeness (QED) is 0.773. The fourth-order valence-corrected chi connectivity index (χ4v) is 2.60. The van der Waals surface area contributed by atoms with Gasteiger partial charge in [-0.25, -0.2) is 0 Å². The third-order valence-electron chi connectivity index (χ3n) is 3.79. The number of nitrogens with zero attached hydrogens (tertiary/aromatic N) is 1. The lowest BCUT2D eigenvalue weighted by Gasteiger charge is -2.32. The van der Waals surface area contributed by atoms with E-state index in [0.717, 1.165) is 32.3 Å². The summed E-state index contributed by atoms with van der Waals surface area (Å²) >= 11 is 0. The molecule has 2 fully saturated rings. The summed E-state index contributed by atoms with van der Waals surface area (Å²) in [5.74, 6) is 0. The van der Waals surface area contributed by atoms with Gasteiger partial charge in [-0.1, -0.05) is 0 Å². The topological polar surface area (TPSA) is 21.7 Å². The van der Waals surface area contributed by atoms with E-state index in [0.29, 0.717) is 19.7 Å². The minimum absolute atomic E-state index is 0.113. The average Bonchev–Trinajstić information content (AvgIpc) is 2.87. The standard InChI is InChI=1S/C13H22F3NO2/c14-13(15,16)5-8-17-6-3-11(4-7-17)19-10-12-2-1-9-18-12/h11-12H,1-10H2.